The van der Waals surface area contributed by atoms with Gasteiger partial charge in [0.25, 0.3) is 0 Å². The number of carbonyl (C=O) groups is 2. The van der Waals surface area contributed by atoms with Crippen molar-refractivity contribution in [3.63, 3.8) is 0 Å². The Balaban J connectivity index is 1.50. The molecule has 0 atom stereocenters. The van der Waals surface area contributed by atoms with E-state index in [1.807, 2.05) is 0 Å². The summed E-state index contributed by atoms with van der Waals surface area (Å²) in [5.74, 6) is -0.112. The molecule has 1 fully saturated rings. The summed E-state index contributed by atoms with van der Waals surface area (Å²) < 4.78 is 18.3. The van der Waals surface area contributed by atoms with Crippen LogP contribution in [0.4, 0.5) is 4.39 Å². The van der Waals surface area contributed by atoms with Crippen LogP contribution < -0.4 is 10.6 Å². The summed E-state index contributed by atoms with van der Waals surface area (Å²) in [5.41, 5.74) is 0.494. The molecule has 1 aliphatic carbocycles. The maximum absolute atomic E-state index is 13.2. The minimum absolute atomic E-state index is 0.128. The third kappa shape index (κ3) is 5.06. The smallest absolute Gasteiger partial charge is 0.244 e. The second kappa shape index (κ2) is 8.66. The second-order valence-corrected chi connectivity index (χ2v) is 6.73. The molecule has 6 heteroatoms. The van der Waals surface area contributed by atoms with Gasteiger partial charge in [-0.05, 0) is 48.7 Å². The van der Waals surface area contributed by atoms with E-state index in [9.17, 15) is 14.0 Å². The zero-order valence-corrected chi connectivity index (χ0v) is 15.0. The molecule has 1 heterocycles. The number of amides is 2. The molecule has 1 aromatic carbocycles. The van der Waals surface area contributed by atoms with Gasteiger partial charge in [-0.2, -0.15) is 0 Å². The molecule has 0 saturated heterocycles. The fourth-order valence-electron chi connectivity index (χ4n) is 3.46. The average molecular weight is 370 g/mol. The van der Waals surface area contributed by atoms with Crippen molar-refractivity contribution in [2.75, 3.05) is 6.54 Å². The molecule has 1 saturated carbocycles. The van der Waals surface area contributed by atoms with Crippen molar-refractivity contribution in [3.05, 3.63) is 65.9 Å². The van der Waals surface area contributed by atoms with E-state index >= 15 is 0 Å². The van der Waals surface area contributed by atoms with Crippen molar-refractivity contribution in [1.82, 2.24) is 10.6 Å². The van der Waals surface area contributed by atoms with Gasteiger partial charge in [0.15, 0.2) is 0 Å². The van der Waals surface area contributed by atoms with Gasteiger partial charge >= 0.3 is 0 Å². The minimum atomic E-state index is -0.437. The minimum Gasteiger partial charge on any atom is -0.465 e. The third-order valence-electron chi connectivity index (χ3n) is 4.83. The summed E-state index contributed by atoms with van der Waals surface area (Å²) in [6.07, 6.45) is 8.36. The highest BCUT2D eigenvalue weighted by atomic mass is 19.1. The van der Waals surface area contributed by atoms with E-state index in [0.717, 1.165) is 31.2 Å². The molecule has 0 aliphatic heterocycles. The maximum atomic E-state index is 13.2. The van der Waals surface area contributed by atoms with Crippen molar-refractivity contribution < 1.29 is 18.4 Å². The predicted molar refractivity (Wildman–Crippen MR) is 100 cm³/mol. The molecule has 2 amide bonds. The van der Waals surface area contributed by atoms with E-state index in [1.54, 1.807) is 30.3 Å². The highest BCUT2D eigenvalue weighted by molar-refractivity contribution is 5.91. The fourth-order valence-corrected chi connectivity index (χ4v) is 3.46. The Morgan fingerprint density at radius 2 is 1.89 bits per heavy atom. The van der Waals surface area contributed by atoms with E-state index < -0.39 is 5.54 Å². The SMILES string of the molecule is O=C(/C=C/c1ccco1)NCCC(=O)NC1(c2ccc(F)cc2)CCCC1. The Hall–Kier alpha value is -2.89. The number of furan rings is 1. The Morgan fingerprint density at radius 1 is 1.15 bits per heavy atom. The molecule has 0 bridgehead atoms. The van der Waals surface area contributed by atoms with Crippen LogP contribution in [0.5, 0.6) is 0 Å². The van der Waals surface area contributed by atoms with Gasteiger partial charge < -0.3 is 15.1 Å². The molecular weight excluding hydrogens is 347 g/mol. The van der Waals surface area contributed by atoms with Crippen LogP contribution in [0, 0.1) is 5.82 Å². The summed E-state index contributed by atoms with van der Waals surface area (Å²) in [6, 6.07) is 9.81. The van der Waals surface area contributed by atoms with Crippen LogP contribution in [0.2, 0.25) is 0 Å². The van der Waals surface area contributed by atoms with Crippen LogP contribution in [-0.4, -0.2) is 18.4 Å². The van der Waals surface area contributed by atoms with Gasteiger partial charge in [-0.25, -0.2) is 4.39 Å². The number of hydrogen-bond acceptors (Lipinski definition) is 3. The predicted octanol–water partition coefficient (Wildman–Crippen LogP) is 3.52. The Morgan fingerprint density at radius 3 is 2.56 bits per heavy atom. The fraction of sp³-hybridized carbons (Fsp3) is 0.333. The number of rotatable bonds is 7. The maximum Gasteiger partial charge on any atom is 0.244 e. The highest BCUT2D eigenvalue weighted by Crippen LogP contribution is 2.38. The third-order valence-corrected chi connectivity index (χ3v) is 4.83. The molecule has 1 aromatic heterocycles. The van der Waals surface area contributed by atoms with Gasteiger partial charge in [0, 0.05) is 19.0 Å². The summed E-state index contributed by atoms with van der Waals surface area (Å²) in [6.45, 7) is 0.243. The number of hydrogen-bond donors (Lipinski definition) is 2. The van der Waals surface area contributed by atoms with Gasteiger partial charge in [0.2, 0.25) is 11.8 Å². The van der Waals surface area contributed by atoms with Crippen molar-refractivity contribution in [3.8, 4) is 0 Å². The monoisotopic (exact) mass is 370 g/mol. The molecule has 1 aliphatic rings. The van der Waals surface area contributed by atoms with Crippen molar-refractivity contribution >= 4 is 17.9 Å². The van der Waals surface area contributed by atoms with Crippen LogP contribution >= 0.6 is 0 Å². The molecule has 0 radical (unpaired) electrons. The van der Waals surface area contributed by atoms with Gasteiger partial charge in [-0.15, -0.1) is 0 Å². The summed E-state index contributed by atoms with van der Waals surface area (Å²) in [4.78, 5) is 24.2. The molecule has 142 valence electrons. The topological polar surface area (TPSA) is 71.3 Å². The lowest BCUT2D eigenvalue weighted by molar-refractivity contribution is -0.123. The van der Waals surface area contributed by atoms with Crippen LogP contribution in [-0.2, 0) is 15.1 Å². The molecule has 2 aromatic rings. The quantitative estimate of drug-likeness (QED) is 0.733. The molecule has 27 heavy (non-hydrogen) atoms. The molecule has 0 spiro atoms. The standard InChI is InChI=1S/C21H23FN2O3/c22-17-7-5-16(6-8-17)21(12-1-2-13-21)24-20(26)11-14-23-19(25)10-9-18-4-3-15-27-18/h3-10,15H,1-2,11-14H2,(H,23,25)(H,24,26)/b10-9+. The van der Waals surface area contributed by atoms with Gasteiger partial charge in [0.1, 0.15) is 11.6 Å². The molecule has 0 unspecified atom stereocenters. The normalized spacial score (nSPS) is 15.7. The molecule has 3 rings (SSSR count). The highest BCUT2D eigenvalue weighted by Gasteiger charge is 2.36. The number of nitrogens with one attached hydrogen (secondary N) is 2. The van der Waals surface area contributed by atoms with Gasteiger partial charge in [-0.1, -0.05) is 25.0 Å². The first-order valence-electron chi connectivity index (χ1n) is 9.14. The summed E-state index contributed by atoms with van der Waals surface area (Å²) in [7, 11) is 0. The van der Waals surface area contributed by atoms with Gasteiger partial charge in [-0.3, -0.25) is 9.59 Å². The molecular formula is C21H23FN2O3. The van der Waals surface area contributed by atoms with Crippen LogP contribution in [0.3, 0.4) is 0 Å². The van der Waals surface area contributed by atoms with Crippen LogP contribution in [0.25, 0.3) is 6.08 Å². The van der Waals surface area contributed by atoms with Crippen LogP contribution in [0.15, 0.2) is 53.2 Å². The lowest BCUT2D eigenvalue weighted by Gasteiger charge is -2.31. The first-order valence-corrected chi connectivity index (χ1v) is 9.14. The number of halogens is 1. The zero-order chi connectivity index (χ0) is 19.1. The van der Waals surface area contributed by atoms with E-state index in [-0.39, 0.29) is 30.6 Å². The summed E-state index contributed by atoms with van der Waals surface area (Å²) in [5, 5.41) is 5.79. The summed E-state index contributed by atoms with van der Waals surface area (Å²) >= 11 is 0. The molecule has 2 N–H and O–H groups in total. The second-order valence-electron chi connectivity index (χ2n) is 6.73. The van der Waals surface area contributed by atoms with E-state index in [4.69, 9.17) is 4.42 Å². The number of benzene rings is 1. The van der Waals surface area contributed by atoms with Crippen molar-refractivity contribution in [1.29, 1.82) is 0 Å². The zero-order valence-electron chi connectivity index (χ0n) is 15.0. The Labute approximate surface area is 157 Å². The van der Waals surface area contributed by atoms with E-state index in [0.29, 0.717) is 5.76 Å². The average Bonchev–Trinajstić information content (AvgIpc) is 3.33. The Kier molecular flexibility index (Phi) is 6.06. The van der Waals surface area contributed by atoms with Gasteiger partial charge in [0.05, 0.1) is 11.8 Å². The largest absolute Gasteiger partial charge is 0.465 e. The molecule has 5 nitrogen and oxygen atoms in total. The van der Waals surface area contributed by atoms with Crippen molar-refractivity contribution in [2.24, 2.45) is 0 Å². The van der Waals surface area contributed by atoms with Crippen LogP contribution in [0.1, 0.15) is 43.4 Å². The van der Waals surface area contributed by atoms with E-state index in [2.05, 4.69) is 10.6 Å². The first kappa shape index (κ1) is 18.9. The van der Waals surface area contributed by atoms with Crippen molar-refractivity contribution in [2.45, 2.75) is 37.6 Å². The Bertz CT molecular complexity index is 791. The lowest BCUT2D eigenvalue weighted by atomic mass is 9.88. The van der Waals surface area contributed by atoms with E-state index in [1.165, 1.54) is 24.5 Å². The first-order chi connectivity index (χ1) is 13.1. The number of carbonyl (C=O) groups excluding carboxylic acids is 2. The lowest BCUT2D eigenvalue weighted by Crippen LogP contribution is -2.44.